The maximum atomic E-state index is 14.6. The van der Waals surface area contributed by atoms with Gasteiger partial charge in [0.2, 0.25) is 31.9 Å². The molecule has 294 valence electrons. The Morgan fingerprint density at radius 1 is 0.982 bits per heavy atom. The monoisotopic (exact) mass is 793 g/mol. The first-order valence-corrected chi connectivity index (χ1v) is 21.6. The highest BCUT2D eigenvalue weighted by atomic mass is 32.2. The van der Waals surface area contributed by atoms with Crippen molar-refractivity contribution in [3.05, 3.63) is 67.3 Å². The Labute approximate surface area is 321 Å². The summed E-state index contributed by atoms with van der Waals surface area (Å²) in [5.74, 6) is -1.70. The van der Waals surface area contributed by atoms with Crippen LogP contribution in [0.3, 0.4) is 0 Å². The molecule has 3 aliphatic carbocycles. The molecule has 3 N–H and O–H groups in total. The van der Waals surface area contributed by atoms with Gasteiger partial charge in [-0.2, -0.15) is 0 Å². The summed E-state index contributed by atoms with van der Waals surface area (Å²) in [7, 11) is -6.20. The van der Waals surface area contributed by atoms with Gasteiger partial charge in [0.15, 0.2) is 0 Å². The lowest BCUT2D eigenvalue weighted by atomic mass is 9.86. The number of nitrogens with zero attached hydrogens (tertiary/aromatic N) is 2. The molecule has 1 saturated heterocycles. The molecule has 7 rings (SSSR count). The number of aromatic nitrogens is 1. The number of benzene rings is 2. The molecule has 5 atom stereocenters. The number of fused-ring (bicyclic) bond motifs is 1. The van der Waals surface area contributed by atoms with E-state index in [2.05, 4.69) is 21.3 Å². The Bertz CT molecular complexity index is 2250. The molecule has 2 heterocycles. The van der Waals surface area contributed by atoms with E-state index in [4.69, 9.17) is 14.5 Å². The number of hydrogen-bond donors (Lipinski definition) is 3. The van der Waals surface area contributed by atoms with Crippen molar-refractivity contribution in [1.82, 2.24) is 24.6 Å². The van der Waals surface area contributed by atoms with Crippen LogP contribution < -0.4 is 24.2 Å². The third-order valence-electron chi connectivity index (χ3n) is 10.8. The molecule has 16 heteroatoms. The molecule has 4 fully saturated rings. The van der Waals surface area contributed by atoms with Crippen LogP contribution in [0, 0.1) is 11.3 Å². The molecule has 3 aromatic rings. The minimum Gasteiger partial charge on any atom is -0.497 e. The molecule has 0 bridgehead atoms. The van der Waals surface area contributed by atoms with Crippen molar-refractivity contribution in [3.63, 3.8) is 0 Å². The van der Waals surface area contributed by atoms with Crippen molar-refractivity contribution in [2.45, 2.75) is 93.5 Å². The van der Waals surface area contributed by atoms with Crippen LogP contribution in [0.15, 0.2) is 67.3 Å². The molecule has 1 aliphatic heterocycles. The van der Waals surface area contributed by atoms with Gasteiger partial charge in [-0.15, -0.1) is 6.58 Å². The number of carbonyl (C=O) groups is 3. The number of amides is 3. The summed E-state index contributed by atoms with van der Waals surface area (Å²) in [5.41, 5.74) is -0.432. The van der Waals surface area contributed by atoms with Crippen molar-refractivity contribution in [2.24, 2.45) is 11.3 Å². The van der Waals surface area contributed by atoms with Gasteiger partial charge in [-0.3, -0.25) is 19.1 Å². The minimum absolute atomic E-state index is 0.0126. The molecule has 0 unspecified atom stereocenters. The van der Waals surface area contributed by atoms with Gasteiger partial charge in [-0.1, -0.05) is 57.2 Å². The van der Waals surface area contributed by atoms with Crippen molar-refractivity contribution < 1.29 is 40.7 Å². The molecule has 0 radical (unpaired) electrons. The fourth-order valence-corrected chi connectivity index (χ4v) is 10.2. The van der Waals surface area contributed by atoms with E-state index in [9.17, 15) is 31.2 Å². The molecular formula is C39H47N5O9S2. The highest BCUT2D eigenvalue weighted by Crippen LogP contribution is 2.46. The normalized spacial score (nSPS) is 24.5. The average Bonchev–Trinajstić information content (AvgIpc) is 4.02. The minimum atomic E-state index is -3.92. The van der Waals surface area contributed by atoms with Crippen LogP contribution in [0.25, 0.3) is 22.2 Å². The Kier molecular flexibility index (Phi) is 9.99. The highest BCUT2D eigenvalue weighted by Gasteiger charge is 2.62. The second-order valence-corrected chi connectivity index (χ2v) is 20.0. The molecule has 2 aromatic carbocycles. The highest BCUT2D eigenvalue weighted by molar-refractivity contribution is 7.91. The molecule has 14 nitrogen and oxygen atoms in total. The summed E-state index contributed by atoms with van der Waals surface area (Å²) >= 11 is 0. The van der Waals surface area contributed by atoms with E-state index in [1.165, 1.54) is 11.0 Å². The summed E-state index contributed by atoms with van der Waals surface area (Å²) in [4.78, 5) is 48.7. The molecule has 3 amide bonds. The first-order valence-electron chi connectivity index (χ1n) is 18.5. The van der Waals surface area contributed by atoms with E-state index in [-0.39, 0.29) is 19.4 Å². The van der Waals surface area contributed by atoms with Crippen molar-refractivity contribution >= 4 is 48.7 Å². The predicted octanol–water partition coefficient (Wildman–Crippen LogP) is 3.42. The van der Waals surface area contributed by atoms with Gasteiger partial charge >= 0.3 is 0 Å². The third kappa shape index (κ3) is 7.94. The lowest BCUT2D eigenvalue weighted by molar-refractivity contribution is -0.142. The van der Waals surface area contributed by atoms with E-state index >= 15 is 0 Å². The van der Waals surface area contributed by atoms with Crippen LogP contribution in [-0.4, -0.2) is 92.3 Å². The van der Waals surface area contributed by atoms with Gasteiger partial charge in [0.1, 0.15) is 35.2 Å². The van der Waals surface area contributed by atoms with Crippen LogP contribution in [0.4, 0.5) is 0 Å². The third-order valence-corrected chi connectivity index (χ3v) is 14.5. The van der Waals surface area contributed by atoms with Crippen molar-refractivity contribution in [2.75, 3.05) is 13.7 Å². The Hall–Kier alpha value is -4.54. The lowest BCUT2D eigenvalue weighted by Gasteiger charge is -2.35. The zero-order valence-electron chi connectivity index (χ0n) is 31.3. The summed E-state index contributed by atoms with van der Waals surface area (Å²) in [6, 6.07) is 14.3. The quantitative estimate of drug-likeness (QED) is 0.204. The van der Waals surface area contributed by atoms with Crippen LogP contribution in [0.2, 0.25) is 0 Å². The van der Waals surface area contributed by atoms with Gasteiger partial charge in [0.25, 0.3) is 5.91 Å². The number of sulfonamides is 2. The number of ether oxygens (including phenoxy) is 2. The topological polar surface area (TPSA) is 190 Å². The second-order valence-electron chi connectivity index (χ2n) is 16.1. The Balaban J connectivity index is 1.22. The largest absolute Gasteiger partial charge is 0.497 e. The second kappa shape index (κ2) is 14.2. The zero-order valence-corrected chi connectivity index (χ0v) is 32.9. The van der Waals surface area contributed by atoms with E-state index in [0.717, 1.165) is 5.56 Å². The van der Waals surface area contributed by atoms with Crippen LogP contribution in [-0.2, 0) is 34.4 Å². The smallest absolute Gasteiger partial charge is 0.259 e. The van der Waals surface area contributed by atoms with Crippen LogP contribution in [0.5, 0.6) is 11.5 Å². The lowest BCUT2D eigenvalue weighted by Crippen LogP contribution is -2.60. The average molecular weight is 794 g/mol. The summed E-state index contributed by atoms with van der Waals surface area (Å²) in [6.45, 7) is 8.91. The SMILES string of the molecule is C=C[C@@H]1C[C@]1(NC(=O)[C@@H]1C[C@@H](Oc2cc(-c3ccccc3)nc3cc(OC)ccc23)CN1C(=O)[C@@H](NS(=O)(=O)C1CC1)C(C)(C)C)C(=O)NS(=O)(=O)C1CC1. The van der Waals surface area contributed by atoms with Gasteiger partial charge in [0, 0.05) is 35.4 Å². The van der Waals surface area contributed by atoms with E-state index in [0.29, 0.717) is 53.8 Å². The Morgan fingerprint density at radius 3 is 2.25 bits per heavy atom. The number of carbonyl (C=O) groups excluding carboxylic acids is 3. The number of hydrogen-bond acceptors (Lipinski definition) is 10. The predicted molar refractivity (Wildman–Crippen MR) is 206 cm³/mol. The number of nitrogens with one attached hydrogen (secondary N) is 3. The van der Waals surface area contributed by atoms with E-state index < -0.39 is 83.3 Å². The molecule has 3 saturated carbocycles. The number of likely N-dealkylation sites (tertiary alicyclic amines) is 1. The Morgan fingerprint density at radius 2 is 1.65 bits per heavy atom. The van der Waals surface area contributed by atoms with E-state index in [1.807, 2.05) is 36.4 Å². The molecule has 1 aromatic heterocycles. The summed E-state index contributed by atoms with van der Waals surface area (Å²) in [6.07, 6.45) is 2.71. The maximum absolute atomic E-state index is 14.6. The molecule has 4 aliphatic rings. The first-order chi connectivity index (χ1) is 26.0. The standard InChI is InChI=1S/C39H47N5O9S2/c1-6-24-21-39(24,37(47)43-55(50,51)28-15-16-28)41-35(45)32-19-26(22-44(32)36(46)34(38(2,3)4)42-54(48,49)27-13-14-27)53-33-20-30(23-10-8-7-9-11-23)40-31-18-25(52-5)12-17-29(31)33/h6-12,17-18,20,24,26-28,32,34,42H,1,13-16,19,21-22H2,2-5H3,(H,41,45)(H,43,47)/t24-,26-,32+,34-,39-/m1/s1. The summed E-state index contributed by atoms with van der Waals surface area (Å²) < 4.78 is 68.8. The number of methoxy groups -OCH3 is 1. The molecule has 55 heavy (non-hydrogen) atoms. The maximum Gasteiger partial charge on any atom is 0.259 e. The van der Waals surface area contributed by atoms with Gasteiger partial charge < -0.3 is 19.7 Å². The summed E-state index contributed by atoms with van der Waals surface area (Å²) in [5, 5.41) is 2.20. The zero-order chi connectivity index (χ0) is 39.5. The van der Waals surface area contributed by atoms with Gasteiger partial charge in [-0.05, 0) is 49.7 Å². The molecule has 0 spiro atoms. The van der Waals surface area contributed by atoms with Crippen molar-refractivity contribution in [3.8, 4) is 22.8 Å². The van der Waals surface area contributed by atoms with Gasteiger partial charge in [-0.25, -0.2) is 26.5 Å². The van der Waals surface area contributed by atoms with Crippen LogP contribution in [0.1, 0.15) is 59.3 Å². The van der Waals surface area contributed by atoms with Gasteiger partial charge in [0.05, 0.1) is 35.4 Å². The number of rotatable bonds is 14. The van der Waals surface area contributed by atoms with E-state index in [1.54, 1.807) is 46.1 Å². The molecular weight excluding hydrogens is 747 g/mol. The fraction of sp³-hybridized carbons (Fsp3) is 0.487. The first kappa shape index (κ1) is 38.7. The van der Waals surface area contributed by atoms with Crippen molar-refractivity contribution in [1.29, 1.82) is 0 Å². The van der Waals surface area contributed by atoms with Crippen LogP contribution >= 0.6 is 0 Å². The fourth-order valence-electron chi connectivity index (χ4n) is 7.13. The number of pyridine rings is 1.